The Bertz CT molecular complexity index is 716. The van der Waals surface area contributed by atoms with Crippen LogP contribution in [-0.2, 0) is 16.6 Å². The molecule has 2 rings (SSSR count). The lowest BCUT2D eigenvalue weighted by Gasteiger charge is -2.17. The number of rotatable bonds is 5. The van der Waals surface area contributed by atoms with Crippen molar-refractivity contribution in [3.8, 4) is 0 Å². The van der Waals surface area contributed by atoms with Gasteiger partial charge in [0.15, 0.2) is 0 Å². The van der Waals surface area contributed by atoms with Gasteiger partial charge in [0, 0.05) is 18.5 Å². The summed E-state index contributed by atoms with van der Waals surface area (Å²) in [6.07, 6.45) is 0. The molecule has 0 atom stereocenters. The van der Waals surface area contributed by atoms with Gasteiger partial charge in [0.05, 0.1) is 0 Å². The van der Waals surface area contributed by atoms with Gasteiger partial charge in [0.1, 0.15) is 9.77 Å². The van der Waals surface area contributed by atoms with Crippen LogP contribution in [0, 0.1) is 6.92 Å². The van der Waals surface area contributed by atoms with Crippen molar-refractivity contribution in [3.05, 3.63) is 38.2 Å². The van der Waals surface area contributed by atoms with Gasteiger partial charge in [-0.1, -0.05) is 6.07 Å². The van der Waals surface area contributed by atoms with E-state index in [1.807, 2.05) is 17.5 Å². The van der Waals surface area contributed by atoms with Crippen molar-refractivity contribution in [3.63, 3.8) is 0 Å². The smallest absolute Gasteiger partial charge is 0.347 e. The molecule has 0 spiro atoms. The van der Waals surface area contributed by atoms with Gasteiger partial charge in [-0.05, 0) is 29.3 Å². The minimum absolute atomic E-state index is 0.103. The number of hydrogen-bond acceptors (Lipinski definition) is 5. The molecule has 0 fully saturated rings. The third-order valence-corrected chi connectivity index (χ3v) is 6.81. The van der Waals surface area contributed by atoms with Gasteiger partial charge in [-0.2, -0.15) is 4.31 Å². The first-order chi connectivity index (χ1) is 9.34. The van der Waals surface area contributed by atoms with E-state index >= 15 is 0 Å². The molecule has 5 nitrogen and oxygen atoms in total. The number of sulfonamides is 1. The van der Waals surface area contributed by atoms with Gasteiger partial charge in [-0.3, -0.25) is 0 Å². The van der Waals surface area contributed by atoms with Crippen LogP contribution in [0.25, 0.3) is 0 Å². The Morgan fingerprint density at radius 3 is 2.65 bits per heavy atom. The Labute approximate surface area is 125 Å². The maximum atomic E-state index is 12.5. The fourth-order valence-electron chi connectivity index (χ4n) is 1.76. The molecule has 0 saturated heterocycles. The molecule has 1 N–H and O–H groups in total. The molecule has 108 valence electrons. The Balaban J connectivity index is 2.40. The van der Waals surface area contributed by atoms with E-state index in [4.69, 9.17) is 5.11 Å². The first-order valence-electron chi connectivity index (χ1n) is 5.64. The van der Waals surface area contributed by atoms with Gasteiger partial charge in [-0.15, -0.1) is 22.7 Å². The van der Waals surface area contributed by atoms with Gasteiger partial charge >= 0.3 is 5.97 Å². The van der Waals surface area contributed by atoms with Crippen molar-refractivity contribution in [2.45, 2.75) is 18.4 Å². The summed E-state index contributed by atoms with van der Waals surface area (Å²) >= 11 is 2.39. The highest BCUT2D eigenvalue weighted by atomic mass is 32.2. The monoisotopic (exact) mass is 331 g/mol. The topological polar surface area (TPSA) is 74.7 Å². The second-order valence-electron chi connectivity index (χ2n) is 4.22. The van der Waals surface area contributed by atoms with Crippen LogP contribution >= 0.6 is 22.7 Å². The second-order valence-corrected chi connectivity index (χ2v) is 8.12. The SMILES string of the molecule is Cc1csc(C(=O)O)c1S(=O)(=O)N(C)Cc1cccs1. The second kappa shape index (κ2) is 5.65. The maximum absolute atomic E-state index is 12.5. The minimum atomic E-state index is -3.81. The molecule has 2 heterocycles. The van der Waals surface area contributed by atoms with Gasteiger partial charge in [0.2, 0.25) is 10.0 Å². The number of aryl methyl sites for hydroxylation is 1. The van der Waals surface area contributed by atoms with Crippen LogP contribution in [0.2, 0.25) is 0 Å². The largest absolute Gasteiger partial charge is 0.477 e. The number of thiophene rings is 2. The molecule has 2 aromatic heterocycles. The molecule has 0 aliphatic heterocycles. The Morgan fingerprint density at radius 1 is 1.40 bits per heavy atom. The highest BCUT2D eigenvalue weighted by Gasteiger charge is 2.30. The minimum Gasteiger partial charge on any atom is -0.477 e. The molecule has 0 aliphatic rings. The lowest BCUT2D eigenvalue weighted by molar-refractivity contribution is 0.0698. The summed E-state index contributed by atoms with van der Waals surface area (Å²) < 4.78 is 26.3. The summed E-state index contributed by atoms with van der Waals surface area (Å²) in [5.41, 5.74) is 0.463. The number of hydrogen-bond donors (Lipinski definition) is 1. The first-order valence-corrected chi connectivity index (χ1v) is 8.84. The molecule has 0 radical (unpaired) electrons. The number of aromatic carboxylic acids is 1. The molecular formula is C12H13NO4S3. The third kappa shape index (κ3) is 2.78. The quantitative estimate of drug-likeness (QED) is 0.914. The van der Waals surface area contributed by atoms with Crippen LogP contribution in [0.3, 0.4) is 0 Å². The normalized spacial score (nSPS) is 11.9. The summed E-state index contributed by atoms with van der Waals surface area (Å²) in [5, 5.41) is 12.5. The van der Waals surface area contributed by atoms with Crippen LogP contribution in [0.1, 0.15) is 20.1 Å². The summed E-state index contributed by atoms with van der Waals surface area (Å²) in [6.45, 7) is 1.84. The van der Waals surface area contributed by atoms with Crippen LogP contribution in [-0.4, -0.2) is 30.8 Å². The van der Waals surface area contributed by atoms with E-state index in [1.165, 1.54) is 22.7 Å². The zero-order chi connectivity index (χ0) is 14.9. The molecule has 2 aromatic rings. The number of carbonyl (C=O) groups is 1. The molecule has 0 bridgehead atoms. The van der Waals surface area contributed by atoms with Gasteiger partial charge in [-0.25, -0.2) is 13.2 Å². The zero-order valence-corrected chi connectivity index (χ0v) is 13.3. The lowest BCUT2D eigenvalue weighted by Crippen LogP contribution is -2.27. The molecule has 0 saturated carbocycles. The summed E-state index contributed by atoms with van der Waals surface area (Å²) in [6, 6.07) is 3.69. The summed E-state index contributed by atoms with van der Waals surface area (Å²) in [4.78, 5) is 11.8. The van der Waals surface area contributed by atoms with E-state index in [1.54, 1.807) is 12.3 Å². The zero-order valence-electron chi connectivity index (χ0n) is 10.9. The van der Waals surface area contributed by atoms with Crippen LogP contribution < -0.4 is 0 Å². The van der Waals surface area contributed by atoms with Gasteiger partial charge in [0.25, 0.3) is 0 Å². The van der Waals surface area contributed by atoms with Crippen molar-refractivity contribution in [1.82, 2.24) is 4.31 Å². The molecule has 0 aliphatic carbocycles. The lowest BCUT2D eigenvalue weighted by atomic mass is 10.3. The predicted molar refractivity (Wildman–Crippen MR) is 79.0 cm³/mol. The fraction of sp³-hybridized carbons (Fsp3) is 0.250. The predicted octanol–water partition coefficient (Wildman–Crippen LogP) is 2.64. The van der Waals surface area contributed by atoms with Crippen molar-refractivity contribution < 1.29 is 18.3 Å². The van der Waals surface area contributed by atoms with E-state index in [9.17, 15) is 13.2 Å². The van der Waals surface area contributed by atoms with Crippen LogP contribution in [0.5, 0.6) is 0 Å². The Morgan fingerprint density at radius 2 is 2.10 bits per heavy atom. The summed E-state index contributed by atoms with van der Waals surface area (Å²) in [5.74, 6) is -1.22. The number of carboxylic acids is 1. The molecule has 20 heavy (non-hydrogen) atoms. The van der Waals surface area contributed by atoms with Crippen molar-refractivity contribution in [2.24, 2.45) is 0 Å². The van der Waals surface area contributed by atoms with E-state index in [-0.39, 0.29) is 16.3 Å². The Kier molecular flexibility index (Phi) is 4.28. The van der Waals surface area contributed by atoms with Crippen LogP contribution in [0.4, 0.5) is 0 Å². The Hall–Kier alpha value is -1.22. The standard InChI is InChI=1S/C12H13NO4S3/c1-8-7-19-10(12(14)15)11(8)20(16,17)13(2)6-9-4-3-5-18-9/h3-5,7H,6H2,1-2H3,(H,14,15). The third-order valence-electron chi connectivity index (χ3n) is 2.74. The average Bonchev–Trinajstić information content (AvgIpc) is 2.98. The maximum Gasteiger partial charge on any atom is 0.347 e. The first kappa shape index (κ1) is 15.2. The van der Waals surface area contributed by atoms with Gasteiger partial charge < -0.3 is 5.11 Å². The highest BCUT2D eigenvalue weighted by molar-refractivity contribution is 7.89. The average molecular weight is 331 g/mol. The molecule has 0 unspecified atom stereocenters. The molecular weight excluding hydrogens is 318 g/mol. The fourth-order valence-corrected chi connectivity index (χ4v) is 5.33. The van der Waals surface area contributed by atoms with E-state index < -0.39 is 16.0 Å². The summed E-state index contributed by atoms with van der Waals surface area (Å²) in [7, 11) is -2.35. The highest BCUT2D eigenvalue weighted by Crippen LogP contribution is 2.30. The van der Waals surface area contributed by atoms with Crippen molar-refractivity contribution >= 4 is 38.7 Å². The molecule has 0 amide bonds. The van der Waals surface area contributed by atoms with Crippen molar-refractivity contribution in [1.29, 1.82) is 0 Å². The van der Waals surface area contributed by atoms with Crippen LogP contribution in [0.15, 0.2) is 27.8 Å². The van der Waals surface area contributed by atoms with E-state index in [2.05, 4.69) is 0 Å². The number of carboxylic acid groups (broad SMARTS) is 1. The van der Waals surface area contributed by atoms with Crippen molar-refractivity contribution in [2.75, 3.05) is 7.05 Å². The molecule has 8 heteroatoms. The van der Waals surface area contributed by atoms with E-state index in [0.717, 1.165) is 16.2 Å². The number of nitrogens with zero attached hydrogens (tertiary/aromatic N) is 1. The molecule has 0 aromatic carbocycles. The van der Waals surface area contributed by atoms with E-state index in [0.29, 0.717) is 5.56 Å².